The predicted octanol–water partition coefficient (Wildman–Crippen LogP) is 4.82. The highest BCUT2D eigenvalue weighted by molar-refractivity contribution is 6.31. The van der Waals surface area contributed by atoms with Gasteiger partial charge < -0.3 is 9.64 Å². The highest BCUT2D eigenvalue weighted by Crippen LogP contribution is 2.40. The third-order valence-corrected chi connectivity index (χ3v) is 6.18. The van der Waals surface area contributed by atoms with E-state index in [1.54, 1.807) is 0 Å². The molecule has 2 aromatic rings. The van der Waals surface area contributed by atoms with Gasteiger partial charge in [0.25, 0.3) is 0 Å². The Labute approximate surface area is 171 Å². The molecule has 4 nitrogen and oxygen atoms in total. The number of carbonyl (C=O) groups excluding carboxylic acids is 1. The van der Waals surface area contributed by atoms with Crippen LogP contribution in [0.5, 0.6) is 5.75 Å². The molecule has 0 bridgehead atoms. The van der Waals surface area contributed by atoms with Crippen LogP contribution in [0.3, 0.4) is 0 Å². The average molecular weight is 399 g/mol. The smallest absolute Gasteiger partial charge is 0.242 e. The lowest BCUT2D eigenvalue weighted by Crippen LogP contribution is -2.47. The standard InChI is InChI=1S/C23H27ClN2O2/c1-3-13-28-21-8-7-18(24)15-19(21)16-5-4-6-17(14-16)20-9-10-23(25-20)11-12-26(2)22(23)27/h4-8,14-15,20,25H,3,9-13H2,1-2H3/t20-,23-/m1/s1. The zero-order valence-corrected chi connectivity index (χ0v) is 17.3. The van der Waals surface area contributed by atoms with Crippen molar-refractivity contribution in [1.82, 2.24) is 10.2 Å². The zero-order chi connectivity index (χ0) is 19.7. The molecule has 1 spiro atoms. The van der Waals surface area contributed by atoms with Gasteiger partial charge >= 0.3 is 0 Å². The number of benzene rings is 2. The number of amides is 1. The van der Waals surface area contributed by atoms with E-state index in [1.165, 1.54) is 5.56 Å². The fourth-order valence-corrected chi connectivity index (χ4v) is 4.58. The molecule has 1 N–H and O–H groups in total. The minimum absolute atomic E-state index is 0.189. The first-order valence-corrected chi connectivity index (χ1v) is 10.5. The summed E-state index contributed by atoms with van der Waals surface area (Å²) in [5.74, 6) is 1.09. The molecule has 0 saturated carbocycles. The van der Waals surface area contributed by atoms with E-state index in [0.717, 1.165) is 49.1 Å². The number of likely N-dealkylation sites (N-methyl/N-ethyl adjacent to an activating group) is 1. The zero-order valence-electron chi connectivity index (χ0n) is 16.5. The topological polar surface area (TPSA) is 41.6 Å². The number of halogens is 1. The van der Waals surface area contributed by atoms with Crippen molar-refractivity contribution in [3.05, 3.63) is 53.1 Å². The third-order valence-electron chi connectivity index (χ3n) is 5.94. The Kier molecular flexibility index (Phi) is 5.35. The number of ether oxygens (including phenoxy) is 1. The molecule has 2 saturated heterocycles. The lowest BCUT2D eigenvalue weighted by Gasteiger charge is -2.23. The molecule has 0 radical (unpaired) electrons. The van der Waals surface area contributed by atoms with Crippen molar-refractivity contribution in [2.24, 2.45) is 0 Å². The minimum atomic E-state index is -0.374. The molecule has 2 aromatic carbocycles. The first-order chi connectivity index (χ1) is 13.5. The fraction of sp³-hybridized carbons (Fsp3) is 0.435. The van der Waals surface area contributed by atoms with Crippen molar-refractivity contribution in [3.8, 4) is 16.9 Å². The van der Waals surface area contributed by atoms with E-state index in [9.17, 15) is 4.79 Å². The highest BCUT2D eigenvalue weighted by Gasteiger charge is 2.49. The monoisotopic (exact) mass is 398 g/mol. The van der Waals surface area contributed by atoms with Crippen LogP contribution in [0.1, 0.15) is 44.2 Å². The molecule has 0 aliphatic carbocycles. The summed E-state index contributed by atoms with van der Waals surface area (Å²) in [5, 5.41) is 4.35. The number of nitrogens with one attached hydrogen (secondary N) is 1. The number of nitrogens with zero attached hydrogens (tertiary/aromatic N) is 1. The van der Waals surface area contributed by atoms with Crippen molar-refractivity contribution in [3.63, 3.8) is 0 Å². The molecule has 2 fully saturated rings. The minimum Gasteiger partial charge on any atom is -0.493 e. The Morgan fingerprint density at radius 3 is 2.86 bits per heavy atom. The van der Waals surface area contributed by atoms with Crippen LogP contribution in [-0.4, -0.2) is 36.5 Å². The second kappa shape index (κ2) is 7.76. The number of hydrogen-bond donors (Lipinski definition) is 1. The van der Waals surface area contributed by atoms with Gasteiger partial charge in [-0.2, -0.15) is 0 Å². The molecular formula is C23H27ClN2O2. The van der Waals surface area contributed by atoms with E-state index in [2.05, 4.69) is 36.5 Å². The molecule has 2 aliphatic rings. The van der Waals surface area contributed by atoms with Crippen LogP contribution >= 0.6 is 11.6 Å². The predicted molar refractivity (Wildman–Crippen MR) is 113 cm³/mol. The largest absolute Gasteiger partial charge is 0.493 e. The normalized spacial score (nSPS) is 24.3. The second-order valence-corrected chi connectivity index (χ2v) is 8.35. The van der Waals surface area contributed by atoms with Gasteiger partial charge in [-0.25, -0.2) is 0 Å². The van der Waals surface area contributed by atoms with Gasteiger partial charge in [0.1, 0.15) is 11.3 Å². The maximum atomic E-state index is 12.6. The van der Waals surface area contributed by atoms with Crippen molar-refractivity contribution in [1.29, 1.82) is 0 Å². The number of likely N-dealkylation sites (tertiary alicyclic amines) is 1. The molecular weight excluding hydrogens is 372 g/mol. The average Bonchev–Trinajstić information content (AvgIpc) is 3.27. The van der Waals surface area contributed by atoms with Crippen molar-refractivity contribution >= 4 is 17.5 Å². The first kappa shape index (κ1) is 19.3. The number of carbonyl (C=O) groups is 1. The summed E-state index contributed by atoms with van der Waals surface area (Å²) >= 11 is 6.27. The van der Waals surface area contributed by atoms with E-state index in [-0.39, 0.29) is 17.5 Å². The van der Waals surface area contributed by atoms with Crippen LogP contribution < -0.4 is 10.1 Å². The Hall–Kier alpha value is -2.04. The van der Waals surface area contributed by atoms with Crippen LogP contribution in [0, 0.1) is 0 Å². The van der Waals surface area contributed by atoms with Crippen molar-refractivity contribution in [2.75, 3.05) is 20.2 Å². The van der Waals surface area contributed by atoms with Gasteiger partial charge in [0.2, 0.25) is 5.91 Å². The molecule has 0 unspecified atom stereocenters. The van der Waals surface area contributed by atoms with Gasteiger partial charge in [-0.1, -0.05) is 36.7 Å². The Bertz CT molecular complexity index is 885. The van der Waals surface area contributed by atoms with E-state index in [4.69, 9.17) is 16.3 Å². The van der Waals surface area contributed by atoms with E-state index in [0.29, 0.717) is 11.6 Å². The van der Waals surface area contributed by atoms with Crippen LogP contribution in [0.25, 0.3) is 11.1 Å². The molecule has 2 aliphatic heterocycles. The molecule has 148 valence electrons. The maximum absolute atomic E-state index is 12.6. The second-order valence-electron chi connectivity index (χ2n) is 7.91. The molecule has 4 rings (SSSR count). The van der Waals surface area contributed by atoms with Crippen LogP contribution in [0.2, 0.25) is 5.02 Å². The van der Waals surface area contributed by atoms with Gasteiger partial charge in [-0.15, -0.1) is 0 Å². The SMILES string of the molecule is CCCOc1ccc(Cl)cc1-c1cccc([C@H]2CC[C@]3(CCN(C)C3=O)N2)c1. The first-order valence-electron chi connectivity index (χ1n) is 10.1. The molecule has 28 heavy (non-hydrogen) atoms. The Morgan fingerprint density at radius 1 is 1.25 bits per heavy atom. The molecule has 2 heterocycles. The third kappa shape index (κ3) is 3.51. The van der Waals surface area contributed by atoms with E-state index < -0.39 is 0 Å². The summed E-state index contributed by atoms with van der Waals surface area (Å²) in [6.45, 7) is 3.61. The quantitative estimate of drug-likeness (QED) is 0.784. The molecule has 5 heteroatoms. The van der Waals surface area contributed by atoms with Gasteiger partial charge in [0.05, 0.1) is 6.61 Å². The lowest BCUT2D eigenvalue weighted by atomic mass is 9.95. The van der Waals surface area contributed by atoms with Gasteiger partial charge in [-0.05, 0) is 61.1 Å². The molecule has 0 aromatic heterocycles. The maximum Gasteiger partial charge on any atom is 0.242 e. The summed E-state index contributed by atoms with van der Waals surface area (Å²) in [7, 11) is 1.89. The van der Waals surface area contributed by atoms with Crippen molar-refractivity contribution in [2.45, 2.75) is 44.2 Å². The van der Waals surface area contributed by atoms with Crippen molar-refractivity contribution < 1.29 is 9.53 Å². The summed E-state index contributed by atoms with van der Waals surface area (Å²) in [5.41, 5.74) is 2.93. The summed E-state index contributed by atoms with van der Waals surface area (Å²) < 4.78 is 5.94. The summed E-state index contributed by atoms with van der Waals surface area (Å²) in [6, 6.07) is 14.5. The van der Waals surface area contributed by atoms with Gasteiger partial charge in [0, 0.05) is 30.2 Å². The number of rotatable bonds is 5. The Balaban J connectivity index is 1.61. The highest BCUT2D eigenvalue weighted by atomic mass is 35.5. The van der Waals surface area contributed by atoms with E-state index in [1.807, 2.05) is 30.1 Å². The van der Waals surface area contributed by atoms with Crippen LogP contribution in [0.15, 0.2) is 42.5 Å². The van der Waals surface area contributed by atoms with Gasteiger partial charge in [-0.3, -0.25) is 10.1 Å². The van der Waals surface area contributed by atoms with E-state index >= 15 is 0 Å². The molecule has 1 amide bonds. The lowest BCUT2D eigenvalue weighted by molar-refractivity contribution is -0.131. The Morgan fingerprint density at radius 2 is 2.11 bits per heavy atom. The molecule has 2 atom stereocenters. The van der Waals surface area contributed by atoms with Crippen LogP contribution in [0.4, 0.5) is 0 Å². The number of hydrogen-bond acceptors (Lipinski definition) is 3. The fourth-order valence-electron chi connectivity index (χ4n) is 4.41. The summed E-state index contributed by atoms with van der Waals surface area (Å²) in [4.78, 5) is 14.5. The summed E-state index contributed by atoms with van der Waals surface area (Å²) in [6.07, 6.45) is 3.71. The van der Waals surface area contributed by atoms with Crippen LogP contribution in [-0.2, 0) is 4.79 Å². The van der Waals surface area contributed by atoms with Gasteiger partial charge in [0.15, 0.2) is 0 Å².